The van der Waals surface area contributed by atoms with Gasteiger partial charge >= 0.3 is 5.97 Å². The molecule has 3 N–H and O–H groups in total. The number of amides is 1. The van der Waals surface area contributed by atoms with Gasteiger partial charge in [0, 0.05) is 36.1 Å². The summed E-state index contributed by atoms with van der Waals surface area (Å²) in [7, 11) is 0. The molecule has 0 saturated carbocycles. The summed E-state index contributed by atoms with van der Waals surface area (Å²) in [4.78, 5) is 29.5. The van der Waals surface area contributed by atoms with Crippen LogP contribution < -0.4 is 5.48 Å². The van der Waals surface area contributed by atoms with Gasteiger partial charge in [-0.2, -0.15) is 0 Å². The fourth-order valence-corrected chi connectivity index (χ4v) is 5.04. The first-order chi connectivity index (χ1) is 15.5. The van der Waals surface area contributed by atoms with E-state index in [0.717, 1.165) is 43.7 Å². The molecule has 2 aromatic rings. The van der Waals surface area contributed by atoms with Crippen LogP contribution in [0.1, 0.15) is 60.0 Å². The van der Waals surface area contributed by atoms with Gasteiger partial charge in [-0.05, 0) is 74.9 Å². The molecule has 1 fully saturated rings. The predicted molar refractivity (Wildman–Crippen MR) is 121 cm³/mol. The highest BCUT2D eigenvalue weighted by Crippen LogP contribution is 2.42. The summed E-state index contributed by atoms with van der Waals surface area (Å²) in [6.45, 7) is 4.54. The Balaban J connectivity index is 1.42. The molecule has 0 radical (unpaired) electrons. The molecule has 32 heavy (non-hydrogen) atoms. The molecule has 3 heterocycles. The van der Waals surface area contributed by atoms with E-state index in [4.69, 9.17) is 15.3 Å². The number of hydroxylamine groups is 1. The van der Waals surface area contributed by atoms with Gasteiger partial charge in [0.15, 0.2) is 0 Å². The van der Waals surface area contributed by atoms with Crippen LogP contribution in [0.5, 0.6) is 0 Å². The molecule has 170 valence electrons. The van der Waals surface area contributed by atoms with Crippen molar-refractivity contribution in [2.24, 2.45) is 10.9 Å². The van der Waals surface area contributed by atoms with E-state index in [2.05, 4.69) is 21.7 Å². The second-order valence-electron chi connectivity index (χ2n) is 8.83. The number of hydrogen-bond donors (Lipinski definition) is 3. The smallest absolute Gasteiger partial charge is 0.304 e. The van der Waals surface area contributed by atoms with Crippen LogP contribution in [0.25, 0.3) is 0 Å². The second kappa shape index (κ2) is 9.67. The largest absolute Gasteiger partial charge is 0.481 e. The van der Waals surface area contributed by atoms with E-state index in [1.54, 1.807) is 17.6 Å². The average molecular weight is 439 g/mol. The second-order valence-corrected chi connectivity index (χ2v) is 8.83. The van der Waals surface area contributed by atoms with Crippen LogP contribution in [0.2, 0.25) is 0 Å². The van der Waals surface area contributed by atoms with Gasteiger partial charge in [-0.25, -0.2) is 10.5 Å². The van der Waals surface area contributed by atoms with Crippen molar-refractivity contribution >= 4 is 23.9 Å². The number of nitrogens with one attached hydrogen (secondary N) is 1. The summed E-state index contributed by atoms with van der Waals surface area (Å²) in [5, 5.41) is 17.8. The van der Waals surface area contributed by atoms with Crippen LogP contribution in [0, 0.1) is 5.92 Å². The van der Waals surface area contributed by atoms with E-state index in [9.17, 15) is 9.59 Å². The maximum absolute atomic E-state index is 11.5. The number of hydrogen-bond acceptors (Lipinski definition) is 5. The Morgan fingerprint density at radius 3 is 2.56 bits per heavy atom. The van der Waals surface area contributed by atoms with Crippen molar-refractivity contribution in [1.82, 2.24) is 14.9 Å². The van der Waals surface area contributed by atoms with Crippen molar-refractivity contribution in [3.8, 4) is 0 Å². The van der Waals surface area contributed by atoms with Gasteiger partial charge in [-0.1, -0.05) is 12.1 Å². The fraction of sp³-hybridized carbons (Fsp3) is 0.458. The van der Waals surface area contributed by atoms with Crippen molar-refractivity contribution in [1.29, 1.82) is 0 Å². The maximum atomic E-state index is 11.5. The molecule has 2 unspecified atom stereocenters. The first-order valence-corrected chi connectivity index (χ1v) is 11.2. The number of carboxylic acid groups (broad SMARTS) is 1. The van der Waals surface area contributed by atoms with Crippen LogP contribution in [-0.2, 0) is 11.3 Å². The number of benzene rings is 1. The van der Waals surface area contributed by atoms with Crippen molar-refractivity contribution in [3.05, 3.63) is 53.2 Å². The van der Waals surface area contributed by atoms with E-state index in [0.29, 0.717) is 23.9 Å². The number of piperidine rings is 1. The standard InChI is InChI=1S/C24H30N4O4/c1-16(14-22(29)30)27-11-7-18(8-12-27)20-6-10-25-23-21(20)9-13-28(23)15-17-2-4-19(5-3-17)24(31)26-32/h2-5,9-10,13,16,18,20,32H,6-8,11-12,14-15H2,1H3,(H,26,31)(H,29,30). The lowest BCUT2D eigenvalue weighted by atomic mass is 9.78. The van der Waals surface area contributed by atoms with E-state index in [1.807, 2.05) is 25.3 Å². The highest BCUT2D eigenvalue weighted by Gasteiger charge is 2.32. The summed E-state index contributed by atoms with van der Waals surface area (Å²) in [5.41, 5.74) is 4.40. The third kappa shape index (κ3) is 4.76. The van der Waals surface area contributed by atoms with Gasteiger partial charge in [0.05, 0.1) is 6.42 Å². The van der Waals surface area contributed by atoms with E-state index >= 15 is 0 Å². The number of fused-ring (bicyclic) bond motifs is 1. The van der Waals surface area contributed by atoms with Gasteiger partial charge in [0.25, 0.3) is 5.91 Å². The molecule has 0 bridgehead atoms. The Hall–Kier alpha value is -2.97. The third-order valence-electron chi connectivity index (χ3n) is 6.84. The quantitative estimate of drug-likeness (QED) is 0.454. The first-order valence-electron chi connectivity index (χ1n) is 11.2. The topological polar surface area (TPSA) is 107 Å². The van der Waals surface area contributed by atoms with E-state index < -0.39 is 11.9 Å². The van der Waals surface area contributed by atoms with Crippen molar-refractivity contribution in [2.45, 2.75) is 51.1 Å². The van der Waals surface area contributed by atoms with E-state index in [1.165, 1.54) is 5.56 Å². The minimum atomic E-state index is -0.736. The van der Waals surface area contributed by atoms with Crippen LogP contribution in [0.3, 0.4) is 0 Å². The van der Waals surface area contributed by atoms with Crippen LogP contribution in [-0.4, -0.2) is 57.0 Å². The summed E-state index contributed by atoms with van der Waals surface area (Å²) < 4.78 is 2.14. The number of carboxylic acids is 1. The molecule has 1 aromatic carbocycles. The maximum Gasteiger partial charge on any atom is 0.304 e. The highest BCUT2D eigenvalue weighted by atomic mass is 16.5. The van der Waals surface area contributed by atoms with Crippen molar-refractivity contribution in [2.75, 3.05) is 13.1 Å². The van der Waals surface area contributed by atoms with E-state index in [-0.39, 0.29) is 12.5 Å². The van der Waals surface area contributed by atoms with Gasteiger partial charge in [0.2, 0.25) is 0 Å². The lowest BCUT2D eigenvalue weighted by Crippen LogP contribution is -2.42. The molecular weight excluding hydrogens is 408 g/mol. The summed E-state index contributed by atoms with van der Waals surface area (Å²) in [6.07, 6.45) is 7.38. The average Bonchev–Trinajstić information content (AvgIpc) is 3.21. The molecule has 2 aliphatic heterocycles. The summed E-state index contributed by atoms with van der Waals surface area (Å²) in [5.74, 6) is 0.753. The summed E-state index contributed by atoms with van der Waals surface area (Å²) in [6, 6.07) is 9.42. The zero-order valence-corrected chi connectivity index (χ0v) is 18.3. The fourth-order valence-electron chi connectivity index (χ4n) is 5.04. The Kier molecular flexibility index (Phi) is 6.72. The lowest BCUT2D eigenvalue weighted by Gasteiger charge is -2.39. The Morgan fingerprint density at radius 1 is 1.19 bits per heavy atom. The lowest BCUT2D eigenvalue weighted by molar-refractivity contribution is -0.138. The molecule has 8 heteroatoms. The summed E-state index contributed by atoms with van der Waals surface area (Å²) >= 11 is 0. The first kappa shape index (κ1) is 22.2. The Labute approximate surface area is 187 Å². The number of carbonyl (C=O) groups is 2. The van der Waals surface area contributed by atoms with Gasteiger partial charge < -0.3 is 14.6 Å². The molecule has 2 aliphatic rings. The number of aliphatic carboxylic acids is 1. The zero-order valence-electron chi connectivity index (χ0n) is 18.3. The number of likely N-dealkylation sites (tertiary alicyclic amines) is 1. The number of nitrogens with zero attached hydrogens (tertiary/aromatic N) is 3. The molecule has 1 saturated heterocycles. The number of rotatable bonds is 7. The zero-order chi connectivity index (χ0) is 22.7. The van der Waals surface area contributed by atoms with Crippen molar-refractivity contribution in [3.63, 3.8) is 0 Å². The molecule has 1 amide bonds. The van der Waals surface area contributed by atoms with Crippen LogP contribution >= 0.6 is 0 Å². The SMILES string of the molecule is CC(CC(=O)O)N1CCC(C2CC=Nc3c2ccn3Cc2ccc(C(=O)NO)cc2)CC1. The minimum absolute atomic E-state index is 0.0767. The molecule has 1 aromatic heterocycles. The molecule has 4 rings (SSSR count). The van der Waals surface area contributed by atoms with Crippen molar-refractivity contribution < 1.29 is 19.9 Å². The molecule has 8 nitrogen and oxygen atoms in total. The van der Waals surface area contributed by atoms with Crippen LogP contribution in [0.15, 0.2) is 41.5 Å². The van der Waals surface area contributed by atoms with Crippen LogP contribution in [0.4, 0.5) is 5.82 Å². The molecule has 0 spiro atoms. The normalized spacial score (nSPS) is 20.0. The monoisotopic (exact) mass is 438 g/mol. The minimum Gasteiger partial charge on any atom is -0.481 e. The predicted octanol–water partition coefficient (Wildman–Crippen LogP) is 3.42. The molecule has 0 aliphatic carbocycles. The highest BCUT2D eigenvalue weighted by molar-refractivity contribution is 5.93. The molecule has 2 atom stereocenters. The van der Waals surface area contributed by atoms with Gasteiger partial charge in [-0.15, -0.1) is 0 Å². The Morgan fingerprint density at radius 2 is 1.91 bits per heavy atom. The Bertz CT molecular complexity index is 990. The number of carbonyl (C=O) groups excluding carboxylic acids is 1. The van der Waals surface area contributed by atoms with Gasteiger partial charge in [-0.3, -0.25) is 14.8 Å². The van der Waals surface area contributed by atoms with Gasteiger partial charge in [0.1, 0.15) is 5.82 Å². The third-order valence-corrected chi connectivity index (χ3v) is 6.84. The number of aromatic nitrogens is 1. The molecular formula is C24H30N4O4. The number of aliphatic imine (C=N–C) groups is 1.